The zero-order chi connectivity index (χ0) is 22.2. The molecule has 0 spiro atoms. The molecule has 0 saturated heterocycles. The number of aliphatic hydroxyl groups excluding tert-OH is 1. The van der Waals surface area contributed by atoms with Gasteiger partial charge in [0.15, 0.2) is 11.9 Å². The van der Waals surface area contributed by atoms with Crippen molar-refractivity contribution < 1.29 is 19.8 Å². The normalized spacial score (nSPS) is 11.8. The number of carboxylic acid groups (broad SMARTS) is 1. The summed E-state index contributed by atoms with van der Waals surface area (Å²) in [5.74, 6) is -0.950. The van der Waals surface area contributed by atoms with Crippen LogP contribution in [-0.2, 0) is 16.1 Å². The average Bonchev–Trinajstić information content (AvgIpc) is 3.32. The fourth-order valence-corrected chi connectivity index (χ4v) is 3.35. The number of hydrogen-bond acceptors (Lipinski definition) is 6. The maximum absolute atomic E-state index is 12.6. The van der Waals surface area contributed by atoms with Gasteiger partial charge in [0, 0.05) is 18.5 Å². The first-order chi connectivity index (χ1) is 15.0. The van der Waals surface area contributed by atoms with Gasteiger partial charge in [0.05, 0.1) is 6.61 Å². The Kier molecular flexibility index (Phi) is 7.45. The van der Waals surface area contributed by atoms with Gasteiger partial charge in [-0.2, -0.15) is 0 Å². The van der Waals surface area contributed by atoms with Crippen LogP contribution in [0.15, 0.2) is 48.5 Å². The molecule has 1 aromatic heterocycles. The molecule has 0 aliphatic carbocycles. The van der Waals surface area contributed by atoms with E-state index in [2.05, 4.69) is 20.6 Å². The minimum atomic E-state index is -1.27. The van der Waals surface area contributed by atoms with Crippen LogP contribution in [-0.4, -0.2) is 60.3 Å². The lowest BCUT2D eigenvalue weighted by Gasteiger charge is -2.28. The van der Waals surface area contributed by atoms with Crippen molar-refractivity contribution in [2.24, 2.45) is 0 Å². The van der Waals surface area contributed by atoms with E-state index in [4.69, 9.17) is 0 Å². The number of nitrogens with zero attached hydrogens (tertiary/aromatic N) is 4. The minimum Gasteiger partial charge on any atom is -0.480 e. The van der Waals surface area contributed by atoms with Gasteiger partial charge in [0.2, 0.25) is 5.91 Å². The first kappa shape index (κ1) is 22.1. The monoisotopic (exact) mass is 423 g/mol. The lowest BCUT2D eigenvalue weighted by molar-refractivity contribution is -0.152. The largest absolute Gasteiger partial charge is 0.480 e. The molecule has 3 aromatic rings. The molecule has 3 rings (SSSR count). The lowest BCUT2D eigenvalue weighted by atomic mass is 9.98. The Morgan fingerprint density at radius 3 is 2.39 bits per heavy atom. The van der Waals surface area contributed by atoms with E-state index < -0.39 is 18.6 Å². The molecule has 0 fully saturated rings. The highest BCUT2D eigenvalue weighted by molar-refractivity contribution is 5.84. The maximum atomic E-state index is 12.6. The Bertz CT molecular complexity index is 1010. The first-order valence-corrected chi connectivity index (χ1v) is 10.1. The van der Waals surface area contributed by atoms with Gasteiger partial charge in [-0.25, -0.2) is 9.89 Å². The molecule has 1 atom stereocenters. The molecule has 2 aromatic carbocycles. The fraction of sp³-hybridized carbons (Fsp3) is 0.318. The van der Waals surface area contributed by atoms with E-state index in [1.54, 1.807) is 0 Å². The van der Waals surface area contributed by atoms with Crippen LogP contribution < -0.4 is 0 Å². The van der Waals surface area contributed by atoms with E-state index in [1.165, 1.54) is 4.90 Å². The summed E-state index contributed by atoms with van der Waals surface area (Å²) < 4.78 is 0. The van der Waals surface area contributed by atoms with E-state index in [-0.39, 0.29) is 18.9 Å². The second-order valence-electron chi connectivity index (χ2n) is 7.15. The molecule has 0 radical (unpaired) electrons. The number of carboxylic acids is 1. The molecule has 9 nitrogen and oxygen atoms in total. The van der Waals surface area contributed by atoms with Crippen LogP contribution in [0.3, 0.4) is 0 Å². The van der Waals surface area contributed by atoms with Gasteiger partial charge in [0.25, 0.3) is 0 Å². The van der Waals surface area contributed by atoms with E-state index in [1.807, 2.05) is 55.5 Å². The number of tetrazole rings is 1. The van der Waals surface area contributed by atoms with Gasteiger partial charge in [0.1, 0.15) is 0 Å². The first-order valence-electron chi connectivity index (χ1n) is 10.1. The quantitative estimate of drug-likeness (QED) is 0.456. The van der Waals surface area contributed by atoms with Gasteiger partial charge in [-0.05, 0) is 33.5 Å². The minimum absolute atomic E-state index is 0.105. The van der Waals surface area contributed by atoms with Crippen molar-refractivity contribution >= 4 is 11.9 Å². The molecule has 0 bridgehead atoms. The number of benzene rings is 2. The van der Waals surface area contributed by atoms with Crippen molar-refractivity contribution in [3.63, 3.8) is 0 Å². The fourth-order valence-electron chi connectivity index (χ4n) is 3.35. The molecule has 0 aliphatic heterocycles. The molecular weight excluding hydrogens is 398 g/mol. The summed E-state index contributed by atoms with van der Waals surface area (Å²) in [6, 6.07) is 13.9. The summed E-state index contributed by atoms with van der Waals surface area (Å²) >= 11 is 0. The number of hydrogen-bond donors (Lipinski definition) is 3. The third-order valence-corrected chi connectivity index (χ3v) is 5.04. The third kappa shape index (κ3) is 5.32. The predicted molar refractivity (Wildman–Crippen MR) is 114 cm³/mol. The Balaban J connectivity index is 1.85. The molecule has 162 valence electrons. The van der Waals surface area contributed by atoms with Crippen LogP contribution >= 0.6 is 0 Å². The number of H-pyrrole nitrogens is 1. The van der Waals surface area contributed by atoms with Crippen molar-refractivity contribution in [1.82, 2.24) is 25.5 Å². The standard InChI is InChI=1S/C22H25N5O4/c1-2-3-8-20(29)27(19(14-28)22(30)31)13-15-9-11-16(12-10-15)17-6-4-5-7-18(17)21-23-25-26-24-21/h4-7,9-12,19,28H,2-3,8,13-14H2,1H3,(H,30,31)(H,23,24,25,26)/t19-/m0/s1. The number of aliphatic hydroxyl groups is 1. The number of nitrogens with one attached hydrogen (secondary N) is 1. The number of unbranched alkanes of at least 4 members (excludes halogenated alkanes) is 1. The molecule has 31 heavy (non-hydrogen) atoms. The average molecular weight is 423 g/mol. The number of aromatic amines is 1. The van der Waals surface area contributed by atoms with Gasteiger partial charge in [-0.1, -0.05) is 61.9 Å². The molecule has 0 saturated carbocycles. The van der Waals surface area contributed by atoms with Crippen LogP contribution in [0.5, 0.6) is 0 Å². The zero-order valence-corrected chi connectivity index (χ0v) is 17.2. The summed E-state index contributed by atoms with van der Waals surface area (Å²) in [7, 11) is 0. The van der Waals surface area contributed by atoms with Crippen LogP contribution in [0.4, 0.5) is 0 Å². The van der Waals surface area contributed by atoms with Gasteiger partial charge in [-0.3, -0.25) is 4.79 Å². The van der Waals surface area contributed by atoms with E-state index in [0.717, 1.165) is 28.7 Å². The number of amides is 1. The number of carbonyl (C=O) groups is 2. The Morgan fingerprint density at radius 1 is 1.10 bits per heavy atom. The van der Waals surface area contributed by atoms with Crippen LogP contribution in [0.25, 0.3) is 22.5 Å². The highest BCUT2D eigenvalue weighted by Crippen LogP contribution is 2.30. The van der Waals surface area contributed by atoms with Crippen molar-refractivity contribution in [3.05, 3.63) is 54.1 Å². The number of aliphatic carboxylic acids is 1. The highest BCUT2D eigenvalue weighted by atomic mass is 16.4. The summed E-state index contributed by atoms with van der Waals surface area (Å²) in [6.45, 7) is 1.43. The summed E-state index contributed by atoms with van der Waals surface area (Å²) in [5.41, 5.74) is 3.48. The summed E-state index contributed by atoms with van der Waals surface area (Å²) in [4.78, 5) is 25.4. The SMILES string of the molecule is CCCCC(=O)N(Cc1ccc(-c2ccccc2-c2nnn[nH]2)cc1)[C@@H](CO)C(=O)O. The van der Waals surface area contributed by atoms with E-state index in [0.29, 0.717) is 12.2 Å². The molecule has 0 aliphatic rings. The van der Waals surface area contributed by atoms with Crippen LogP contribution in [0.1, 0.15) is 31.7 Å². The number of aromatic nitrogens is 4. The highest BCUT2D eigenvalue weighted by Gasteiger charge is 2.28. The van der Waals surface area contributed by atoms with Crippen molar-refractivity contribution in [2.75, 3.05) is 6.61 Å². The summed E-state index contributed by atoms with van der Waals surface area (Å²) in [5, 5.41) is 33.0. The van der Waals surface area contributed by atoms with Crippen molar-refractivity contribution in [1.29, 1.82) is 0 Å². The third-order valence-electron chi connectivity index (χ3n) is 5.04. The molecule has 1 heterocycles. The van der Waals surface area contributed by atoms with Crippen molar-refractivity contribution in [3.8, 4) is 22.5 Å². The Morgan fingerprint density at radius 2 is 1.81 bits per heavy atom. The topological polar surface area (TPSA) is 132 Å². The van der Waals surface area contributed by atoms with Crippen LogP contribution in [0, 0.1) is 0 Å². The van der Waals surface area contributed by atoms with Crippen molar-refractivity contribution in [2.45, 2.75) is 38.8 Å². The zero-order valence-electron chi connectivity index (χ0n) is 17.2. The van der Waals surface area contributed by atoms with Gasteiger partial charge >= 0.3 is 5.97 Å². The number of carbonyl (C=O) groups excluding carboxylic acids is 1. The smallest absolute Gasteiger partial charge is 0.328 e. The molecule has 0 unspecified atom stereocenters. The predicted octanol–water partition coefficient (Wildman–Crippen LogP) is 2.50. The molecule has 3 N–H and O–H groups in total. The van der Waals surface area contributed by atoms with E-state index in [9.17, 15) is 19.8 Å². The van der Waals surface area contributed by atoms with Gasteiger partial charge in [-0.15, -0.1) is 5.10 Å². The Labute approximate surface area is 179 Å². The second-order valence-corrected chi connectivity index (χ2v) is 7.15. The lowest BCUT2D eigenvalue weighted by Crippen LogP contribution is -2.46. The molecule has 9 heteroatoms. The molecule has 1 amide bonds. The maximum Gasteiger partial charge on any atom is 0.328 e. The van der Waals surface area contributed by atoms with E-state index >= 15 is 0 Å². The summed E-state index contributed by atoms with van der Waals surface area (Å²) in [6.07, 6.45) is 1.74. The Hall–Kier alpha value is -3.59. The number of rotatable bonds is 10. The van der Waals surface area contributed by atoms with Crippen LogP contribution in [0.2, 0.25) is 0 Å². The second kappa shape index (κ2) is 10.4. The van der Waals surface area contributed by atoms with Gasteiger partial charge < -0.3 is 15.1 Å². The molecular formula is C22H25N5O4.